The van der Waals surface area contributed by atoms with Crippen LogP contribution in [0.1, 0.15) is 17.3 Å². The lowest BCUT2D eigenvalue weighted by Gasteiger charge is -2.17. The van der Waals surface area contributed by atoms with E-state index in [0.29, 0.717) is 5.02 Å². The number of halogens is 1. The molecule has 1 unspecified atom stereocenters. The van der Waals surface area contributed by atoms with Crippen molar-refractivity contribution in [3.63, 3.8) is 0 Å². The van der Waals surface area contributed by atoms with Crippen LogP contribution in [-0.4, -0.2) is 21.5 Å². The van der Waals surface area contributed by atoms with Crippen molar-refractivity contribution in [2.24, 2.45) is 7.05 Å². The minimum Gasteiger partial charge on any atom is -0.394 e. The first-order valence-electron chi connectivity index (χ1n) is 5.73. The highest BCUT2D eigenvalue weighted by Gasteiger charge is 2.15. The second kappa shape index (κ2) is 5.42. The molecule has 2 aromatic rings. The molecule has 0 amide bonds. The van der Waals surface area contributed by atoms with Gasteiger partial charge >= 0.3 is 0 Å². The molecule has 1 aromatic carbocycles. The van der Waals surface area contributed by atoms with Crippen molar-refractivity contribution in [2.75, 3.05) is 11.9 Å². The third kappa shape index (κ3) is 2.83. The number of benzene rings is 1. The van der Waals surface area contributed by atoms with Gasteiger partial charge in [-0.05, 0) is 25.1 Å². The van der Waals surface area contributed by atoms with Gasteiger partial charge in [0.25, 0.3) is 0 Å². The van der Waals surface area contributed by atoms with Crippen LogP contribution in [0.5, 0.6) is 0 Å². The predicted molar refractivity (Wildman–Crippen MR) is 72.8 cm³/mol. The molecule has 96 valence electrons. The van der Waals surface area contributed by atoms with E-state index in [4.69, 9.17) is 11.6 Å². The number of rotatable bonds is 4. The Morgan fingerprint density at radius 1 is 1.50 bits per heavy atom. The van der Waals surface area contributed by atoms with Crippen LogP contribution in [0.25, 0.3) is 0 Å². The average molecular weight is 266 g/mol. The van der Waals surface area contributed by atoms with Crippen molar-refractivity contribution in [2.45, 2.75) is 13.0 Å². The van der Waals surface area contributed by atoms with Crippen LogP contribution in [-0.2, 0) is 7.05 Å². The number of hydrogen-bond donors (Lipinski definition) is 2. The molecule has 2 N–H and O–H groups in total. The van der Waals surface area contributed by atoms with E-state index >= 15 is 0 Å². The first-order chi connectivity index (χ1) is 8.60. The summed E-state index contributed by atoms with van der Waals surface area (Å²) in [4.78, 5) is 0. The largest absolute Gasteiger partial charge is 0.394 e. The average Bonchev–Trinajstić information content (AvgIpc) is 2.65. The Hall–Kier alpha value is -1.52. The lowest BCUT2D eigenvalue weighted by molar-refractivity contribution is 0.276. The van der Waals surface area contributed by atoms with Crippen molar-refractivity contribution in [3.05, 3.63) is 46.7 Å². The molecule has 0 radical (unpaired) electrons. The molecular formula is C13H16ClN3O. The molecule has 4 nitrogen and oxygen atoms in total. The summed E-state index contributed by atoms with van der Waals surface area (Å²) in [5.41, 5.74) is 2.77. The maximum absolute atomic E-state index is 9.51. The Morgan fingerprint density at radius 2 is 2.28 bits per heavy atom. The number of aliphatic hydroxyl groups is 1. The quantitative estimate of drug-likeness (QED) is 0.893. The van der Waals surface area contributed by atoms with Crippen molar-refractivity contribution in [3.8, 4) is 0 Å². The van der Waals surface area contributed by atoms with Crippen molar-refractivity contribution >= 4 is 17.3 Å². The van der Waals surface area contributed by atoms with E-state index in [0.717, 1.165) is 16.9 Å². The van der Waals surface area contributed by atoms with E-state index < -0.39 is 0 Å². The molecule has 0 spiro atoms. The molecule has 0 saturated carbocycles. The Labute approximate surface area is 111 Å². The van der Waals surface area contributed by atoms with Crippen LogP contribution in [0.4, 0.5) is 5.69 Å². The summed E-state index contributed by atoms with van der Waals surface area (Å²) in [6.07, 6.45) is 1.91. The van der Waals surface area contributed by atoms with Crippen molar-refractivity contribution in [1.82, 2.24) is 9.78 Å². The van der Waals surface area contributed by atoms with Crippen molar-refractivity contribution in [1.29, 1.82) is 0 Å². The third-order valence-corrected chi connectivity index (χ3v) is 3.01. The summed E-state index contributed by atoms with van der Waals surface area (Å²) in [6, 6.07) is 7.25. The molecule has 0 aliphatic heterocycles. The van der Waals surface area contributed by atoms with E-state index in [1.54, 1.807) is 4.68 Å². The zero-order valence-electron chi connectivity index (χ0n) is 10.4. The zero-order chi connectivity index (χ0) is 13.1. The Kier molecular flexibility index (Phi) is 3.89. The zero-order valence-corrected chi connectivity index (χ0v) is 11.1. The summed E-state index contributed by atoms with van der Waals surface area (Å²) in [7, 11) is 1.87. The second-order valence-electron chi connectivity index (χ2n) is 4.23. The normalized spacial score (nSPS) is 12.4. The summed E-state index contributed by atoms with van der Waals surface area (Å²) < 4.78 is 1.74. The molecule has 1 heterocycles. The van der Waals surface area contributed by atoms with Crippen LogP contribution in [0.2, 0.25) is 5.02 Å². The minimum atomic E-state index is -0.183. The number of aromatic nitrogens is 2. The second-order valence-corrected chi connectivity index (χ2v) is 4.67. The molecule has 18 heavy (non-hydrogen) atoms. The van der Waals surface area contributed by atoms with Gasteiger partial charge in [-0.15, -0.1) is 0 Å². The van der Waals surface area contributed by atoms with Crippen molar-refractivity contribution < 1.29 is 5.11 Å². The molecule has 1 atom stereocenters. The first-order valence-corrected chi connectivity index (χ1v) is 6.11. The minimum absolute atomic E-state index is 0.000946. The van der Waals surface area contributed by atoms with E-state index in [9.17, 15) is 5.11 Å². The van der Waals surface area contributed by atoms with Gasteiger partial charge < -0.3 is 10.4 Å². The molecular weight excluding hydrogens is 250 g/mol. The topological polar surface area (TPSA) is 50.1 Å². The molecule has 5 heteroatoms. The third-order valence-electron chi connectivity index (χ3n) is 2.77. The molecule has 0 fully saturated rings. The van der Waals surface area contributed by atoms with E-state index in [-0.39, 0.29) is 12.6 Å². The maximum atomic E-state index is 9.51. The van der Waals surface area contributed by atoms with Crippen LogP contribution in [0, 0.1) is 6.92 Å². The SMILES string of the molecule is Cc1nn(C)cc1C(CO)Nc1cccc(Cl)c1. The molecule has 0 bridgehead atoms. The Bertz CT molecular complexity index is 539. The van der Waals surface area contributed by atoms with Crippen LogP contribution < -0.4 is 5.32 Å². The van der Waals surface area contributed by atoms with Gasteiger partial charge in [0.15, 0.2) is 0 Å². The van der Waals surface area contributed by atoms with Gasteiger partial charge in [-0.2, -0.15) is 5.10 Å². The lowest BCUT2D eigenvalue weighted by atomic mass is 10.1. The fraction of sp³-hybridized carbons (Fsp3) is 0.308. The number of anilines is 1. The van der Waals surface area contributed by atoms with Crippen LogP contribution in [0.3, 0.4) is 0 Å². The standard InChI is InChI=1S/C13H16ClN3O/c1-9-12(7-17(2)16-9)13(8-18)15-11-5-3-4-10(14)6-11/h3-7,13,15,18H,8H2,1-2H3. The highest BCUT2D eigenvalue weighted by atomic mass is 35.5. The molecule has 2 rings (SSSR count). The molecule has 0 saturated heterocycles. The Morgan fingerprint density at radius 3 is 2.83 bits per heavy atom. The van der Waals surface area contributed by atoms with Gasteiger partial charge in [-0.25, -0.2) is 0 Å². The fourth-order valence-electron chi connectivity index (χ4n) is 1.96. The Balaban J connectivity index is 2.22. The smallest absolute Gasteiger partial charge is 0.0778 e. The van der Waals surface area contributed by atoms with Gasteiger partial charge in [-0.1, -0.05) is 17.7 Å². The van der Waals surface area contributed by atoms with E-state index in [2.05, 4.69) is 10.4 Å². The summed E-state index contributed by atoms with van der Waals surface area (Å²) in [6.45, 7) is 1.93. The molecule has 0 aliphatic rings. The highest BCUT2D eigenvalue weighted by Crippen LogP contribution is 2.23. The van der Waals surface area contributed by atoms with Gasteiger partial charge in [-0.3, -0.25) is 4.68 Å². The van der Waals surface area contributed by atoms with E-state index in [1.807, 2.05) is 44.4 Å². The summed E-state index contributed by atoms with van der Waals surface area (Å²) >= 11 is 5.93. The number of aryl methyl sites for hydroxylation is 2. The first kappa shape index (κ1) is 12.9. The molecule has 1 aromatic heterocycles. The van der Waals surface area contributed by atoms with Gasteiger partial charge in [0.2, 0.25) is 0 Å². The summed E-state index contributed by atoms with van der Waals surface area (Å²) in [5, 5.41) is 17.7. The number of hydrogen-bond acceptors (Lipinski definition) is 3. The summed E-state index contributed by atoms with van der Waals surface area (Å²) in [5.74, 6) is 0. The number of nitrogens with zero attached hydrogens (tertiary/aromatic N) is 2. The number of aliphatic hydroxyl groups excluding tert-OH is 1. The van der Waals surface area contributed by atoms with E-state index in [1.165, 1.54) is 0 Å². The predicted octanol–water partition coefficient (Wildman–Crippen LogP) is 2.53. The van der Waals surface area contributed by atoms with Gasteiger partial charge in [0, 0.05) is 29.5 Å². The van der Waals surface area contributed by atoms with Gasteiger partial charge in [0.1, 0.15) is 0 Å². The maximum Gasteiger partial charge on any atom is 0.0778 e. The highest BCUT2D eigenvalue weighted by molar-refractivity contribution is 6.30. The monoisotopic (exact) mass is 265 g/mol. The molecule has 0 aliphatic carbocycles. The van der Waals surface area contributed by atoms with Crippen LogP contribution >= 0.6 is 11.6 Å². The fourth-order valence-corrected chi connectivity index (χ4v) is 2.15. The van der Waals surface area contributed by atoms with Gasteiger partial charge in [0.05, 0.1) is 18.3 Å². The lowest BCUT2D eigenvalue weighted by Crippen LogP contribution is -2.15. The number of nitrogens with one attached hydrogen (secondary N) is 1. The van der Waals surface area contributed by atoms with Crippen LogP contribution in [0.15, 0.2) is 30.5 Å².